The second-order valence-electron chi connectivity index (χ2n) is 7.10. The molecule has 1 aliphatic rings. The van der Waals surface area contributed by atoms with E-state index in [0.29, 0.717) is 6.10 Å². The molecule has 0 atom stereocenters. The Morgan fingerprint density at radius 2 is 2.07 bits per heavy atom. The SMILES string of the molecule is CCc1cc2cc(C(=O)C3CCC(OI)CC3)ccc2nc1NCCSC. The summed E-state index contributed by atoms with van der Waals surface area (Å²) in [7, 11) is 0. The number of aryl methyl sites for hydroxylation is 1. The van der Waals surface area contributed by atoms with Crippen LogP contribution in [0.2, 0.25) is 0 Å². The Kier molecular flexibility index (Phi) is 7.78. The number of halogens is 1. The largest absolute Gasteiger partial charge is 0.369 e. The van der Waals surface area contributed by atoms with E-state index in [1.54, 1.807) is 0 Å². The van der Waals surface area contributed by atoms with Gasteiger partial charge in [-0.2, -0.15) is 11.8 Å². The summed E-state index contributed by atoms with van der Waals surface area (Å²) < 4.78 is 5.40. The Morgan fingerprint density at radius 1 is 1.30 bits per heavy atom. The summed E-state index contributed by atoms with van der Waals surface area (Å²) in [5.74, 6) is 2.41. The van der Waals surface area contributed by atoms with Gasteiger partial charge in [-0.05, 0) is 68.2 Å². The first-order valence-electron chi connectivity index (χ1n) is 9.64. The number of aromatic nitrogens is 1. The zero-order chi connectivity index (χ0) is 19.2. The van der Waals surface area contributed by atoms with Gasteiger partial charge < -0.3 is 8.38 Å². The first-order chi connectivity index (χ1) is 13.2. The van der Waals surface area contributed by atoms with E-state index in [4.69, 9.17) is 8.05 Å². The fraction of sp³-hybridized carbons (Fsp3) is 0.524. The Hall–Kier alpha value is -0.860. The third-order valence-electron chi connectivity index (χ3n) is 5.33. The van der Waals surface area contributed by atoms with Gasteiger partial charge in [-0.1, -0.05) is 6.92 Å². The molecule has 27 heavy (non-hydrogen) atoms. The molecular weight excluding hydrogens is 471 g/mol. The smallest absolute Gasteiger partial charge is 0.165 e. The van der Waals surface area contributed by atoms with Crippen molar-refractivity contribution in [3.8, 4) is 0 Å². The fourth-order valence-corrected chi connectivity index (χ4v) is 4.53. The van der Waals surface area contributed by atoms with Crippen LogP contribution in [0.25, 0.3) is 10.9 Å². The van der Waals surface area contributed by atoms with Gasteiger partial charge in [0, 0.05) is 29.2 Å². The Balaban J connectivity index is 1.80. The number of carbonyl (C=O) groups excluding carboxylic acids is 1. The number of benzene rings is 1. The molecule has 1 N–H and O–H groups in total. The molecule has 0 spiro atoms. The van der Waals surface area contributed by atoms with Crippen LogP contribution in [-0.4, -0.2) is 35.4 Å². The van der Waals surface area contributed by atoms with Gasteiger partial charge in [-0.25, -0.2) is 4.98 Å². The first kappa shape index (κ1) is 20.9. The van der Waals surface area contributed by atoms with Crippen LogP contribution in [0.3, 0.4) is 0 Å². The zero-order valence-corrected chi connectivity index (χ0v) is 18.9. The van der Waals surface area contributed by atoms with Gasteiger partial charge in [0.1, 0.15) is 28.8 Å². The number of anilines is 1. The number of ketones is 1. The van der Waals surface area contributed by atoms with Gasteiger partial charge in [0.05, 0.1) is 11.6 Å². The van der Waals surface area contributed by atoms with Crippen molar-refractivity contribution in [2.24, 2.45) is 5.92 Å². The minimum Gasteiger partial charge on any atom is -0.369 e. The summed E-state index contributed by atoms with van der Waals surface area (Å²) in [6, 6.07) is 8.13. The summed E-state index contributed by atoms with van der Waals surface area (Å²) in [6.45, 7) is 3.05. The van der Waals surface area contributed by atoms with E-state index in [9.17, 15) is 4.79 Å². The van der Waals surface area contributed by atoms with E-state index in [0.717, 1.165) is 66.7 Å². The summed E-state index contributed by atoms with van der Waals surface area (Å²) in [6.07, 6.45) is 7.11. The Bertz CT molecular complexity index is 791. The summed E-state index contributed by atoms with van der Waals surface area (Å²) in [4.78, 5) is 17.8. The number of nitrogens with one attached hydrogen (secondary N) is 1. The Labute approximate surface area is 179 Å². The number of hydrogen-bond acceptors (Lipinski definition) is 5. The van der Waals surface area contributed by atoms with Gasteiger partial charge in [-0.3, -0.25) is 4.79 Å². The average molecular weight is 498 g/mol. The molecule has 1 aromatic carbocycles. The van der Waals surface area contributed by atoms with Crippen molar-refractivity contribution >= 4 is 57.3 Å². The summed E-state index contributed by atoms with van der Waals surface area (Å²) in [5, 5.41) is 4.50. The molecule has 1 fully saturated rings. The van der Waals surface area contributed by atoms with Gasteiger partial charge in [0.2, 0.25) is 0 Å². The lowest BCUT2D eigenvalue weighted by Gasteiger charge is -2.25. The molecule has 0 saturated heterocycles. The highest BCUT2D eigenvalue weighted by molar-refractivity contribution is 14.1. The van der Waals surface area contributed by atoms with Crippen molar-refractivity contribution < 1.29 is 7.86 Å². The number of thioether (sulfide) groups is 1. The third kappa shape index (κ3) is 5.15. The maximum absolute atomic E-state index is 13.0. The van der Waals surface area contributed by atoms with Crippen molar-refractivity contribution in [1.82, 2.24) is 4.98 Å². The van der Waals surface area contributed by atoms with Crippen LogP contribution >= 0.6 is 34.8 Å². The fourth-order valence-electron chi connectivity index (χ4n) is 3.72. The van der Waals surface area contributed by atoms with E-state index in [-0.39, 0.29) is 11.7 Å². The molecular formula is C21H27IN2O2S. The second kappa shape index (κ2) is 10.1. The van der Waals surface area contributed by atoms with Crippen LogP contribution in [0.1, 0.15) is 48.5 Å². The lowest BCUT2D eigenvalue weighted by Crippen LogP contribution is -2.24. The van der Waals surface area contributed by atoms with Gasteiger partial charge >= 0.3 is 0 Å². The van der Waals surface area contributed by atoms with Gasteiger partial charge in [0.25, 0.3) is 0 Å². The van der Waals surface area contributed by atoms with Crippen LogP contribution in [0.5, 0.6) is 0 Å². The highest BCUT2D eigenvalue weighted by Gasteiger charge is 2.27. The van der Waals surface area contributed by atoms with Gasteiger partial charge in [-0.15, -0.1) is 0 Å². The van der Waals surface area contributed by atoms with Crippen LogP contribution in [-0.2, 0) is 9.49 Å². The average Bonchev–Trinajstić information content (AvgIpc) is 2.72. The number of Topliss-reactive ketones (excluding diaryl/α,β-unsaturated/α-hetero) is 1. The van der Waals surface area contributed by atoms with E-state index in [1.165, 1.54) is 5.56 Å². The molecule has 2 aromatic rings. The van der Waals surface area contributed by atoms with Gasteiger partial charge in [0.15, 0.2) is 5.78 Å². The molecule has 1 aliphatic carbocycles. The maximum atomic E-state index is 13.0. The zero-order valence-electron chi connectivity index (χ0n) is 16.0. The number of fused-ring (bicyclic) bond motifs is 1. The quantitative estimate of drug-likeness (QED) is 0.288. The van der Waals surface area contributed by atoms with Crippen molar-refractivity contribution in [2.75, 3.05) is 23.9 Å². The number of nitrogens with zero attached hydrogens (tertiary/aromatic N) is 1. The predicted octanol–water partition coefficient (Wildman–Crippen LogP) is 5.68. The molecule has 0 aliphatic heterocycles. The topological polar surface area (TPSA) is 51.2 Å². The molecule has 3 rings (SSSR count). The molecule has 4 nitrogen and oxygen atoms in total. The molecule has 0 amide bonds. The van der Waals surface area contributed by atoms with Crippen molar-refractivity contribution in [3.05, 3.63) is 35.4 Å². The molecule has 1 aromatic heterocycles. The minimum atomic E-state index is 0.122. The monoisotopic (exact) mass is 498 g/mol. The molecule has 1 saturated carbocycles. The molecule has 0 unspecified atom stereocenters. The van der Waals surface area contributed by atoms with E-state index in [1.807, 2.05) is 53.0 Å². The number of hydrogen-bond donors (Lipinski definition) is 1. The molecule has 146 valence electrons. The molecule has 0 radical (unpaired) electrons. The maximum Gasteiger partial charge on any atom is 0.165 e. The van der Waals surface area contributed by atoms with Crippen molar-refractivity contribution in [3.63, 3.8) is 0 Å². The lowest BCUT2D eigenvalue weighted by molar-refractivity contribution is 0.0846. The van der Waals surface area contributed by atoms with Crippen LogP contribution in [0.4, 0.5) is 5.82 Å². The number of pyridine rings is 1. The normalized spacial score (nSPS) is 20.0. The third-order valence-corrected chi connectivity index (χ3v) is 6.66. The highest BCUT2D eigenvalue weighted by atomic mass is 127. The number of carbonyl (C=O) groups is 1. The number of rotatable bonds is 8. The van der Waals surface area contributed by atoms with Crippen molar-refractivity contribution in [2.45, 2.75) is 45.1 Å². The van der Waals surface area contributed by atoms with E-state index < -0.39 is 0 Å². The lowest BCUT2D eigenvalue weighted by atomic mass is 9.82. The summed E-state index contributed by atoms with van der Waals surface area (Å²) in [5.41, 5.74) is 2.96. The summed E-state index contributed by atoms with van der Waals surface area (Å²) >= 11 is 3.80. The van der Waals surface area contributed by atoms with Crippen LogP contribution in [0.15, 0.2) is 24.3 Å². The molecule has 0 bridgehead atoms. The first-order valence-corrected chi connectivity index (χ1v) is 11.9. The molecule has 6 heteroatoms. The highest BCUT2D eigenvalue weighted by Crippen LogP contribution is 2.31. The second-order valence-corrected chi connectivity index (χ2v) is 8.60. The Morgan fingerprint density at radius 3 is 2.74 bits per heavy atom. The van der Waals surface area contributed by atoms with Crippen LogP contribution < -0.4 is 5.32 Å². The van der Waals surface area contributed by atoms with Crippen molar-refractivity contribution in [1.29, 1.82) is 0 Å². The van der Waals surface area contributed by atoms with E-state index in [2.05, 4.69) is 24.6 Å². The molecule has 1 heterocycles. The van der Waals surface area contributed by atoms with Crippen LogP contribution in [0, 0.1) is 5.92 Å². The minimum absolute atomic E-state index is 0.122. The predicted molar refractivity (Wildman–Crippen MR) is 123 cm³/mol. The standard InChI is InChI=1S/C21H27IN2O2S/c1-3-14-12-17-13-16(20(25)15-4-7-18(26-22)8-5-15)6-9-19(17)24-21(14)23-10-11-27-2/h6,9,12-13,15,18H,3-5,7-8,10-11H2,1-2H3,(H,23,24). The van der Waals surface area contributed by atoms with E-state index >= 15 is 0 Å².